The number of piperidine rings is 1. The normalized spacial score (nSPS) is 28.9. The van der Waals surface area contributed by atoms with Crippen molar-refractivity contribution >= 4 is 5.69 Å². The van der Waals surface area contributed by atoms with Crippen LogP contribution in [0.4, 0.5) is 5.69 Å². The summed E-state index contributed by atoms with van der Waals surface area (Å²) in [5.41, 5.74) is 2.95. The minimum absolute atomic E-state index is 0.484. The topological polar surface area (TPSA) is 26.7 Å². The molecule has 4 rings (SSSR count). The Hall–Kier alpha value is -1.84. The van der Waals surface area contributed by atoms with Crippen molar-refractivity contribution in [2.24, 2.45) is 0 Å². The summed E-state index contributed by atoms with van der Waals surface area (Å²) < 4.78 is 0. The lowest BCUT2D eigenvalue weighted by molar-refractivity contribution is -0.0595. The van der Waals surface area contributed by atoms with Crippen LogP contribution in [0.15, 0.2) is 54.6 Å². The molecule has 2 fully saturated rings. The van der Waals surface area contributed by atoms with E-state index in [0.717, 1.165) is 24.9 Å². The fourth-order valence-corrected chi connectivity index (χ4v) is 4.67. The van der Waals surface area contributed by atoms with E-state index >= 15 is 0 Å². The molecular formula is C22H28N2O. The Labute approximate surface area is 150 Å². The Morgan fingerprint density at radius 3 is 2.12 bits per heavy atom. The smallest absolute Gasteiger partial charge is 0.0926 e. The largest absolute Gasteiger partial charge is 0.385 e. The highest BCUT2D eigenvalue weighted by atomic mass is 16.3. The van der Waals surface area contributed by atoms with E-state index in [1.54, 1.807) is 0 Å². The van der Waals surface area contributed by atoms with Crippen LogP contribution in [0.2, 0.25) is 0 Å². The first kappa shape index (κ1) is 16.6. The number of aliphatic hydroxyl groups is 1. The maximum absolute atomic E-state index is 11.4. The fraction of sp³-hybridized carbons (Fsp3) is 0.455. The highest BCUT2D eigenvalue weighted by Crippen LogP contribution is 2.46. The predicted octanol–water partition coefficient (Wildman–Crippen LogP) is 3.77. The van der Waals surface area contributed by atoms with Gasteiger partial charge in [-0.3, -0.25) is 4.90 Å². The molecule has 0 aromatic heterocycles. The second-order valence-electron chi connectivity index (χ2n) is 7.92. The first-order valence-corrected chi connectivity index (χ1v) is 9.35. The lowest BCUT2D eigenvalue weighted by Crippen LogP contribution is -2.49. The van der Waals surface area contributed by atoms with Crippen molar-refractivity contribution in [1.82, 2.24) is 4.90 Å². The van der Waals surface area contributed by atoms with Crippen molar-refractivity contribution in [3.05, 3.63) is 65.7 Å². The van der Waals surface area contributed by atoms with Gasteiger partial charge in [-0.25, -0.2) is 0 Å². The number of hydrogen-bond acceptors (Lipinski definition) is 3. The molecule has 2 bridgehead atoms. The molecule has 1 N–H and O–H groups in total. The van der Waals surface area contributed by atoms with E-state index in [9.17, 15) is 5.11 Å². The van der Waals surface area contributed by atoms with Crippen molar-refractivity contribution in [2.45, 2.75) is 49.9 Å². The third-order valence-corrected chi connectivity index (χ3v) is 6.05. The van der Waals surface area contributed by atoms with Gasteiger partial charge in [0.05, 0.1) is 5.60 Å². The third-order valence-electron chi connectivity index (χ3n) is 6.05. The number of anilines is 1. The van der Waals surface area contributed by atoms with Crippen LogP contribution in [-0.4, -0.2) is 36.2 Å². The summed E-state index contributed by atoms with van der Waals surface area (Å²) in [5.74, 6) is 0. The Balaban J connectivity index is 1.52. The van der Waals surface area contributed by atoms with Crippen LogP contribution < -0.4 is 4.90 Å². The molecule has 25 heavy (non-hydrogen) atoms. The predicted molar refractivity (Wildman–Crippen MR) is 103 cm³/mol. The second-order valence-corrected chi connectivity index (χ2v) is 7.92. The SMILES string of the molecule is CN(C)c1ccc(C2(O)CC3CCC(C2)N3Cc2ccccc2)cc1. The van der Waals surface area contributed by atoms with Gasteiger partial charge in [0.25, 0.3) is 0 Å². The zero-order valence-electron chi connectivity index (χ0n) is 15.2. The molecular weight excluding hydrogens is 308 g/mol. The monoisotopic (exact) mass is 336 g/mol. The average molecular weight is 336 g/mol. The first-order valence-electron chi connectivity index (χ1n) is 9.35. The van der Waals surface area contributed by atoms with E-state index in [-0.39, 0.29) is 0 Å². The van der Waals surface area contributed by atoms with Gasteiger partial charge in [-0.1, -0.05) is 42.5 Å². The molecule has 3 heteroatoms. The maximum atomic E-state index is 11.4. The summed E-state index contributed by atoms with van der Waals surface area (Å²) in [4.78, 5) is 4.72. The molecule has 0 saturated carbocycles. The lowest BCUT2D eigenvalue weighted by atomic mass is 9.80. The second kappa shape index (κ2) is 6.47. The molecule has 3 nitrogen and oxygen atoms in total. The Kier molecular flexibility index (Phi) is 4.30. The van der Waals surface area contributed by atoms with E-state index in [1.807, 2.05) is 14.1 Å². The summed E-state index contributed by atoms with van der Waals surface area (Å²) in [7, 11) is 4.10. The molecule has 132 valence electrons. The molecule has 0 radical (unpaired) electrons. The highest BCUT2D eigenvalue weighted by molar-refractivity contribution is 5.47. The lowest BCUT2D eigenvalue weighted by Gasteiger charge is -2.44. The van der Waals surface area contributed by atoms with Gasteiger partial charge in [-0.2, -0.15) is 0 Å². The Morgan fingerprint density at radius 1 is 0.960 bits per heavy atom. The van der Waals surface area contributed by atoms with Gasteiger partial charge in [0, 0.05) is 38.4 Å². The molecule has 0 aliphatic carbocycles. The molecule has 2 aromatic carbocycles. The van der Waals surface area contributed by atoms with E-state index < -0.39 is 5.60 Å². The van der Waals surface area contributed by atoms with Crippen LogP contribution in [-0.2, 0) is 12.1 Å². The molecule has 2 unspecified atom stereocenters. The van der Waals surface area contributed by atoms with Crippen LogP contribution in [0, 0.1) is 0 Å². The molecule has 2 aliphatic rings. The molecule has 2 saturated heterocycles. The minimum atomic E-state index is -0.677. The summed E-state index contributed by atoms with van der Waals surface area (Å²) in [5, 5.41) is 11.4. The molecule has 0 spiro atoms. The summed E-state index contributed by atoms with van der Waals surface area (Å²) >= 11 is 0. The van der Waals surface area contributed by atoms with Gasteiger partial charge in [0.2, 0.25) is 0 Å². The van der Waals surface area contributed by atoms with Gasteiger partial charge >= 0.3 is 0 Å². The Bertz CT molecular complexity index is 697. The number of benzene rings is 2. The van der Waals surface area contributed by atoms with Crippen LogP contribution in [0.1, 0.15) is 36.8 Å². The number of hydrogen-bond donors (Lipinski definition) is 1. The van der Waals surface area contributed by atoms with Crippen molar-refractivity contribution in [2.75, 3.05) is 19.0 Å². The fourth-order valence-electron chi connectivity index (χ4n) is 4.67. The average Bonchev–Trinajstić information content (AvgIpc) is 2.87. The van der Waals surface area contributed by atoms with E-state index in [4.69, 9.17) is 0 Å². The van der Waals surface area contributed by atoms with E-state index in [2.05, 4.69) is 64.4 Å². The molecule has 2 aromatic rings. The van der Waals surface area contributed by atoms with Crippen LogP contribution >= 0.6 is 0 Å². The van der Waals surface area contributed by atoms with Crippen molar-refractivity contribution in [3.8, 4) is 0 Å². The van der Waals surface area contributed by atoms with E-state index in [0.29, 0.717) is 12.1 Å². The highest BCUT2D eigenvalue weighted by Gasteiger charge is 2.48. The molecule has 2 atom stereocenters. The van der Waals surface area contributed by atoms with Gasteiger partial charge < -0.3 is 10.0 Å². The number of nitrogens with zero attached hydrogens (tertiary/aromatic N) is 2. The third kappa shape index (κ3) is 3.19. The zero-order valence-corrected chi connectivity index (χ0v) is 15.2. The number of rotatable bonds is 4. The molecule has 2 aliphatic heterocycles. The summed E-state index contributed by atoms with van der Waals surface area (Å²) in [6.45, 7) is 1.01. The van der Waals surface area contributed by atoms with Crippen LogP contribution in [0.5, 0.6) is 0 Å². The minimum Gasteiger partial charge on any atom is -0.385 e. The van der Waals surface area contributed by atoms with E-state index in [1.165, 1.54) is 24.1 Å². The van der Waals surface area contributed by atoms with Gasteiger partial charge in [0.1, 0.15) is 0 Å². The van der Waals surface area contributed by atoms with Crippen molar-refractivity contribution in [1.29, 1.82) is 0 Å². The number of fused-ring (bicyclic) bond motifs is 2. The summed E-state index contributed by atoms with van der Waals surface area (Å²) in [6.07, 6.45) is 4.10. The molecule has 0 amide bonds. The Morgan fingerprint density at radius 2 is 1.56 bits per heavy atom. The van der Waals surface area contributed by atoms with Crippen molar-refractivity contribution in [3.63, 3.8) is 0 Å². The standard InChI is InChI=1S/C22H28N2O/c1-23(2)19-10-8-18(9-11-19)22(25)14-20-12-13-21(15-22)24(20)16-17-6-4-3-5-7-17/h3-11,20-21,25H,12-16H2,1-2H3. The molecule has 2 heterocycles. The zero-order chi connectivity index (χ0) is 17.4. The van der Waals surface area contributed by atoms with Crippen LogP contribution in [0.25, 0.3) is 0 Å². The maximum Gasteiger partial charge on any atom is 0.0926 e. The van der Waals surface area contributed by atoms with Gasteiger partial charge in [-0.15, -0.1) is 0 Å². The quantitative estimate of drug-likeness (QED) is 0.921. The van der Waals surface area contributed by atoms with Crippen molar-refractivity contribution < 1.29 is 5.11 Å². The van der Waals surface area contributed by atoms with Crippen LogP contribution in [0.3, 0.4) is 0 Å². The first-order chi connectivity index (χ1) is 12.0. The summed E-state index contributed by atoms with van der Waals surface area (Å²) in [6, 6.07) is 20.1. The van der Waals surface area contributed by atoms with Gasteiger partial charge in [-0.05, 0) is 48.9 Å². The van der Waals surface area contributed by atoms with Gasteiger partial charge in [0.15, 0.2) is 0 Å².